The number of rotatable bonds is 4. The minimum absolute atomic E-state index is 0.000658. The van der Waals surface area contributed by atoms with Crippen molar-refractivity contribution in [3.8, 4) is 68.2 Å². The van der Waals surface area contributed by atoms with Crippen molar-refractivity contribution >= 4 is 80.3 Å². The third kappa shape index (κ3) is 4.25. The van der Waals surface area contributed by atoms with Gasteiger partial charge in [-0.1, -0.05) is 84.9 Å². The van der Waals surface area contributed by atoms with E-state index in [0.29, 0.717) is 0 Å². The maximum absolute atomic E-state index is 6.83. The van der Waals surface area contributed by atoms with Gasteiger partial charge < -0.3 is 28.7 Å². The highest BCUT2D eigenvalue weighted by Gasteiger charge is 2.49. The summed E-state index contributed by atoms with van der Waals surface area (Å²) in [6, 6.07) is 64.1. The number of nitrogens with zero attached hydrogens (tertiary/aromatic N) is 2. The van der Waals surface area contributed by atoms with Crippen LogP contribution in [0.3, 0.4) is 0 Å². The molecule has 0 saturated heterocycles. The molecule has 0 N–H and O–H groups in total. The molecule has 0 aromatic heterocycles. The van der Waals surface area contributed by atoms with Gasteiger partial charge in [0.15, 0.2) is 0 Å². The van der Waals surface area contributed by atoms with E-state index in [1.165, 1.54) is 21.9 Å². The van der Waals surface area contributed by atoms with Crippen LogP contribution in [-0.4, -0.2) is 13.4 Å². The average molecular weight is 792 g/mol. The number of hydrogen-bond acceptors (Lipinski definition) is 6. The zero-order valence-electron chi connectivity index (χ0n) is 33.0. The molecule has 0 saturated carbocycles. The molecule has 0 amide bonds. The highest BCUT2D eigenvalue weighted by molar-refractivity contribution is 7.01. The SMILES string of the molecule is c1ccc(N2c3cccc4c3B3c5c(cc(-c6ccc(-c7cc8c9c(c7)Oc7cccc%10c7B9c7c(cccc7N%10c7ccccc7)O8)cc6)cc5Oc5cccc2c53)O4)cc1. The fourth-order valence-corrected chi connectivity index (χ4v) is 11.0. The smallest absolute Gasteiger partial charge is 0.266 e. The molecule has 9 aromatic carbocycles. The minimum atomic E-state index is -0.000658. The standard InChI is InChI=1S/C54H30B2N2O4/c1-3-11-35(12-4-1)57-37-15-7-19-41-49(37)55-50-38(57)16-8-20-42(50)60-46-28-33(27-45(59-41)53(46)55)31-23-25-32(26-24-31)34-29-47-54-48(30-34)62-44-22-10-18-40-52(44)56(54)51-39(17-9-21-43(51)61-47)58(40)36-13-5-2-6-14-36/h1-30H. The summed E-state index contributed by atoms with van der Waals surface area (Å²) < 4.78 is 27.3. The number of hydrogen-bond donors (Lipinski definition) is 0. The largest absolute Gasteiger partial charge is 0.458 e. The molecule has 9 aromatic rings. The molecule has 0 unspecified atom stereocenters. The van der Waals surface area contributed by atoms with Crippen LogP contribution in [0, 0.1) is 0 Å². The first-order chi connectivity index (χ1) is 30.7. The Kier molecular flexibility index (Phi) is 6.23. The van der Waals surface area contributed by atoms with Crippen molar-refractivity contribution in [1.82, 2.24) is 0 Å². The van der Waals surface area contributed by atoms with E-state index in [9.17, 15) is 0 Å². The Labute approximate surface area is 357 Å². The predicted octanol–water partition coefficient (Wildman–Crippen LogP) is 10.0. The summed E-state index contributed by atoms with van der Waals surface area (Å²) in [7, 11) is 0. The van der Waals surface area contributed by atoms with E-state index in [2.05, 4.69) is 192 Å². The van der Waals surface area contributed by atoms with E-state index in [4.69, 9.17) is 18.9 Å². The van der Waals surface area contributed by atoms with Crippen molar-refractivity contribution < 1.29 is 18.9 Å². The van der Waals surface area contributed by atoms with Crippen LogP contribution in [0.25, 0.3) is 22.3 Å². The van der Waals surface area contributed by atoms with Gasteiger partial charge in [-0.3, -0.25) is 0 Å². The van der Waals surface area contributed by atoms with Crippen LogP contribution in [-0.2, 0) is 0 Å². The summed E-state index contributed by atoms with van der Waals surface area (Å²) in [6.45, 7) is -0.00132. The van der Waals surface area contributed by atoms with E-state index < -0.39 is 0 Å². The van der Waals surface area contributed by atoms with Crippen LogP contribution in [0.2, 0.25) is 0 Å². The molecular weight excluding hydrogens is 762 g/mol. The Balaban J connectivity index is 0.811. The maximum atomic E-state index is 6.83. The van der Waals surface area contributed by atoms with Gasteiger partial charge in [-0.25, -0.2) is 0 Å². The average Bonchev–Trinajstić information content (AvgIpc) is 3.32. The fraction of sp³-hybridized carbons (Fsp3) is 0. The third-order valence-corrected chi connectivity index (χ3v) is 13.5. The van der Waals surface area contributed by atoms with Crippen molar-refractivity contribution in [2.45, 2.75) is 0 Å². The lowest BCUT2D eigenvalue weighted by Crippen LogP contribution is -2.61. The second kappa shape index (κ2) is 11.8. The van der Waals surface area contributed by atoms with Gasteiger partial charge in [-0.05, 0) is 141 Å². The lowest BCUT2D eigenvalue weighted by Gasteiger charge is -2.42. The molecule has 15 rings (SSSR count). The van der Waals surface area contributed by atoms with Gasteiger partial charge in [-0.2, -0.15) is 0 Å². The summed E-state index contributed by atoms with van der Waals surface area (Å²) in [6.07, 6.45) is 0. The topological polar surface area (TPSA) is 43.4 Å². The van der Waals surface area contributed by atoms with Crippen LogP contribution in [0.15, 0.2) is 182 Å². The van der Waals surface area contributed by atoms with Crippen LogP contribution in [0.5, 0.6) is 46.0 Å². The number of ether oxygens (including phenoxy) is 4. The molecule has 0 fully saturated rings. The van der Waals surface area contributed by atoms with Crippen molar-refractivity contribution in [2.24, 2.45) is 0 Å². The van der Waals surface area contributed by atoms with Gasteiger partial charge in [-0.15, -0.1) is 0 Å². The van der Waals surface area contributed by atoms with Gasteiger partial charge in [0, 0.05) is 45.0 Å². The maximum Gasteiger partial charge on any atom is 0.266 e. The van der Waals surface area contributed by atoms with Crippen molar-refractivity contribution in [1.29, 1.82) is 0 Å². The fourth-order valence-electron chi connectivity index (χ4n) is 11.0. The van der Waals surface area contributed by atoms with Gasteiger partial charge in [0.05, 0.1) is 0 Å². The van der Waals surface area contributed by atoms with Gasteiger partial charge in [0.25, 0.3) is 13.4 Å². The van der Waals surface area contributed by atoms with Crippen molar-refractivity contribution in [3.05, 3.63) is 182 Å². The van der Waals surface area contributed by atoms with Crippen LogP contribution >= 0.6 is 0 Å². The van der Waals surface area contributed by atoms with Crippen LogP contribution in [0.1, 0.15) is 0 Å². The highest BCUT2D eigenvalue weighted by Crippen LogP contribution is 2.48. The van der Waals surface area contributed by atoms with E-state index >= 15 is 0 Å². The minimum Gasteiger partial charge on any atom is -0.458 e. The Morgan fingerprint density at radius 2 is 0.565 bits per heavy atom. The van der Waals surface area contributed by atoms with Gasteiger partial charge >= 0.3 is 0 Å². The number of para-hydroxylation sites is 2. The van der Waals surface area contributed by atoms with Crippen molar-refractivity contribution in [3.63, 3.8) is 0 Å². The molecule has 6 nitrogen and oxygen atoms in total. The number of anilines is 6. The molecular formula is C54H30B2N2O4. The van der Waals surface area contributed by atoms with Crippen LogP contribution in [0.4, 0.5) is 34.1 Å². The van der Waals surface area contributed by atoms with Gasteiger partial charge in [0.2, 0.25) is 0 Å². The lowest BCUT2D eigenvalue weighted by molar-refractivity contribution is 0.464. The molecule has 286 valence electrons. The van der Waals surface area contributed by atoms with E-state index in [0.717, 1.165) is 113 Å². The summed E-state index contributed by atoms with van der Waals surface area (Å²) in [4.78, 5) is 4.67. The monoisotopic (exact) mass is 792 g/mol. The molecule has 0 bridgehead atoms. The lowest BCUT2D eigenvalue weighted by atomic mass is 9.33. The van der Waals surface area contributed by atoms with Crippen molar-refractivity contribution in [2.75, 3.05) is 9.80 Å². The zero-order chi connectivity index (χ0) is 40.2. The molecule has 0 radical (unpaired) electrons. The van der Waals surface area contributed by atoms with E-state index in [-0.39, 0.29) is 13.4 Å². The number of benzene rings is 9. The molecule has 8 heteroatoms. The summed E-state index contributed by atoms with van der Waals surface area (Å²) in [5.41, 5.74) is 17.8. The first-order valence-corrected chi connectivity index (χ1v) is 21.1. The molecule has 0 aliphatic carbocycles. The molecule has 6 aliphatic heterocycles. The van der Waals surface area contributed by atoms with E-state index in [1.54, 1.807) is 0 Å². The molecule has 0 atom stereocenters. The first-order valence-electron chi connectivity index (χ1n) is 21.1. The summed E-state index contributed by atoms with van der Waals surface area (Å²) in [5, 5.41) is 0. The zero-order valence-corrected chi connectivity index (χ0v) is 33.0. The molecule has 6 aliphatic rings. The second-order valence-corrected chi connectivity index (χ2v) is 16.7. The van der Waals surface area contributed by atoms with E-state index in [1.807, 2.05) is 0 Å². The first kappa shape index (κ1) is 32.7. The highest BCUT2D eigenvalue weighted by atomic mass is 16.5. The Bertz CT molecular complexity index is 3060. The van der Waals surface area contributed by atoms with Gasteiger partial charge in [0.1, 0.15) is 46.0 Å². The Morgan fingerprint density at radius 3 is 0.871 bits per heavy atom. The quantitative estimate of drug-likeness (QED) is 0.166. The normalized spacial score (nSPS) is 14.2. The summed E-state index contributed by atoms with van der Waals surface area (Å²) in [5.74, 6) is 6.82. The second-order valence-electron chi connectivity index (χ2n) is 16.7. The third-order valence-electron chi connectivity index (χ3n) is 13.5. The molecule has 0 spiro atoms. The summed E-state index contributed by atoms with van der Waals surface area (Å²) >= 11 is 0. The predicted molar refractivity (Wildman–Crippen MR) is 249 cm³/mol. The Morgan fingerprint density at radius 1 is 0.258 bits per heavy atom. The molecule has 6 heterocycles. The molecule has 62 heavy (non-hydrogen) atoms. The van der Waals surface area contributed by atoms with Crippen LogP contribution < -0.4 is 61.5 Å². The Hall–Kier alpha value is -8.09.